The highest BCUT2D eigenvalue weighted by molar-refractivity contribution is 9.10. The van der Waals surface area contributed by atoms with E-state index in [0.717, 1.165) is 32.5 Å². The molecule has 1 atom stereocenters. The van der Waals surface area contributed by atoms with Crippen molar-refractivity contribution in [2.45, 2.75) is 25.4 Å². The molecule has 1 fully saturated rings. The van der Waals surface area contributed by atoms with Gasteiger partial charge in [0, 0.05) is 23.6 Å². The topological polar surface area (TPSA) is 32.3 Å². The van der Waals surface area contributed by atoms with E-state index >= 15 is 0 Å². The van der Waals surface area contributed by atoms with Gasteiger partial charge in [-0.1, -0.05) is 30.3 Å². The fraction of sp³-hybridized carbons (Fsp3) is 0.316. The Morgan fingerprint density at radius 2 is 2.04 bits per heavy atom. The zero-order valence-corrected chi connectivity index (χ0v) is 14.9. The van der Waals surface area contributed by atoms with Crippen molar-refractivity contribution in [3.05, 3.63) is 69.9 Å². The molecule has 0 spiro atoms. The monoisotopic (exact) mass is 390 g/mol. The average molecular weight is 391 g/mol. The van der Waals surface area contributed by atoms with Gasteiger partial charge in [0.15, 0.2) is 0 Å². The molecule has 1 aliphatic heterocycles. The van der Waals surface area contributed by atoms with Gasteiger partial charge in [-0.3, -0.25) is 9.69 Å². The van der Waals surface area contributed by atoms with Crippen LogP contribution >= 0.6 is 15.9 Å². The normalized spacial score (nSPS) is 18.3. The first-order valence-electron chi connectivity index (χ1n) is 8.14. The molecule has 0 aromatic heterocycles. The minimum absolute atomic E-state index is 0.118. The fourth-order valence-corrected chi connectivity index (χ4v) is 3.63. The molecule has 1 saturated heterocycles. The van der Waals surface area contributed by atoms with Gasteiger partial charge in [0.1, 0.15) is 5.82 Å². The van der Waals surface area contributed by atoms with Crippen LogP contribution in [0.15, 0.2) is 53.0 Å². The van der Waals surface area contributed by atoms with Gasteiger partial charge < -0.3 is 5.32 Å². The molecule has 1 aliphatic rings. The van der Waals surface area contributed by atoms with E-state index in [1.807, 2.05) is 18.2 Å². The third-order valence-corrected chi connectivity index (χ3v) is 4.92. The maximum absolute atomic E-state index is 13.2. The highest BCUT2D eigenvalue weighted by atomic mass is 79.9. The van der Waals surface area contributed by atoms with Crippen LogP contribution in [0.1, 0.15) is 28.8 Å². The van der Waals surface area contributed by atoms with Crippen LogP contribution in [0.5, 0.6) is 0 Å². The number of nitrogens with one attached hydrogen (secondary N) is 1. The lowest BCUT2D eigenvalue weighted by atomic mass is 10.0. The van der Waals surface area contributed by atoms with E-state index in [1.165, 1.54) is 23.8 Å². The summed E-state index contributed by atoms with van der Waals surface area (Å²) in [5, 5.41) is 3.08. The Morgan fingerprint density at radius 3 is 2.79 bits per heavy atom. The van der Waals surface area contributed by atoms with Gasteiger partial charge in [-0.05, 0) is 59.1 Å². The maximum atomic E-state index is 13.2. The largest absolute Gasteiger partial charge is 0.348 e. The van der Waals surface area contributed by atoms with Crippen molar-refractivity contribution in [2.75, 3.05) is 13.1 Å². The lowest BCUT2D eigenvalue weighted by molar-refractivity contribution is 0.0900. The molecular formula is C19H20BrFN2O. The van der Waals surface area contributed by atoms with Crippen LogP contribution in [0.4, 0.5) is 4.39 Å². The summed E-state index contributed by atoms with van der Waals surface area (Å²) in [4.78, 5) is 14.8. The number of rotatable bonds is 4. The molecule has 1 unspecified atom stereocenters. The Bertz CT molecular complexity index is 708. The first-order valence-corrected chi connectivity index (χ1v) is 8.93. The van der Waals surface area contributed by atoms with E-state index in [2.05, 4.69) is 38.3 Å². The maximum Gasteiger partial charge on any atom is 0.252 e. The molecule has 0 radical (unpaired) electrons. The second-order valence-corrected chi connectivity index (χ2v) is 7.01. The molecule has 1 N–H and O–H groups in total. The van der Waals surface area contributed by atoms with Gasteiger partial charge in [0.05, 0.1) is 5.56 Å². The molecule has 5 heteroatoms. The summed E-state index contributed by atoms with van der Waals surface area (Å²) in [6.45, 7) is 2.77. The van der Waals surface area contributed by atoms with Crippen LogP contribution in [0, 0.1) is 5.82 Å². The number of piperidine rings is 1. The number of benzene rings is 2. The van der Waals surface area contributed by atoms with E-state index in [-0.39, 0.29) is 17.8 Å². The zero-order chi connectivity index (χ0) is 16.9. The quantitative estimate of drug-likeness (QED) is 0.855. The number of carbonyl (C=O) groups excluding carboxylic acids is 1. The number of hydrogen-bond donors (Lipinski definition) is 1. The second-order valence-electron chi connectivity index (χ2n) is 6.16. The van der Waals surface area contributed by atoms with Crippen LogP contribution in [0.2, 0.25) is 0 Å². The second kappa shape index (κ2) is 7.90. The molecule has 0 bridgehead atoms. The molecule has 1 amide bonds. The molecule has 0 saturated carbocycles. The Balaban J connectivity index is 1.59. The van der Waals surface area contributed by atoms with Crippen LogP contribution in [-0.2, 0) is 6.54 Å². The van der Waals surface area contributed by atoms with Crippen molar-refractivity contribution in [3.63, 3.8) is 0 Å². The van der Waals surface area contributed by atoms with E-state index in [0.29, 0.717) is 10.0 Å². The first-order chi connectivity index (χ1) is 11.6. The lowest BCUT2D eigenvalue weighted by Crippen LogP contribution is -2.47. The molecule has 3 rings (SSSR count). The Labute approximate surface area is 150 Å². The third kappa shape index (κ3) is 4.42. The molecule has 24 heavy (non-hydrogen) atoms. The predicted octanol–water partition coefficient (Wildman–Crippen LogP) is 3.98. The minimum atomic E-state index is -0.356. The summed E-state index contributed by atoms with van der Waals surface area (Å²) in [5.74, 6) is -0.515. The average Bonchev–Trinajstić information content (AvgIpc) is 2.56. The number of amides is 1. The number of likely N-dealkylation sites (tertiary alicyclic amines) is 1. The molecule has 3 nitrogen and oxygen atoms in total. The number of carbonyl (C=O) groups is 1. The van der Waals surface area contributed by atoms with Crippen molar-refractivity contribution < 1.29 is 9.18 Å². The van der Waals surface area contributed by atoms with E-state index < -0.39 is 0 Å². The standard InChI is InChI=1S/C19H20BrFN2O/c20-18-11-15(21)8-9-17(18)19(24)22-16-7-4-10-23(13-16)12-14-5-2-1-3-6-14/h1-3,5-6,8-9,11,16H,4,7,10,12-13H2,(H,22,24). The summed E-state index contributed by atoms with van der Waals surface area (Å²) >= 11 is 3.26. The lowest BCUT2D eigenvalue weighted by Gasteiger charge is -2.33. The summed E-state index contributed by atoms with van der Waals surface area (Å²) in [6.07, 6.45) is 2.03. The number of hydrogen-bond acceptors (Lipinski definition) is 2. The third-order valence-electron chi connectivity index (χ3n) is 4.27. The van der Waals surface area contributed by atoms with E-state index in [4.69, 9.17) is 0 Å². The molecular weight excluding hydrogens is 371 g/mol. The van der Waals surface area contributed by atoms with Crippen LogP contribution in [-0.4, -0.2) is 29.9 Å². The summed E-state index contributed by atoms with van der Waals surface area (Å²) in [5.41, 5.74) is 1.75. The van der Waals surface area contributed by atoms with Crippen LogP contribution < -0.4 is 5.32 Å². The van der Waals surface area contributed by atoms with E-state index in [9.17, 15) is 9.18 Å². The van der Waals surface area contributed by atoms with E-state index in [1.54, 1.807) is 0 Å². The van der Waals surface area contributed by atoms with Gasteiger partial charge in [-0.15, -0.1) is 0 Å². The van der Waals surface area contributed by atoms with Gasteiger partial charge in [-0.2, -0.15) is 0 Å². The van der Waals surface area contributed by atoms with Crippen LogP contribution in [0.25, 0.3) is 0 Å². The fourth-order valence-electron chi connectivity index (χ4n) is 3.10. The summed E-state index contributed by atoms with van der Waals surface area (Å²) in [7, 11) is 0. The molecule has 2 aromatic carbocycles. The van der Waals surface area contributed by atoms with Crippen molar-refractivity contribution >= 4 is 21.8 Å². The Morgan fingerprint density at radius 1 is 1.25 bits per heavy atom. The Kier molecular flexibility index (Phi) is 5.63. The number of nitrogens with zero attached hydrogens (tertiary/aromatic N) is 1. The predicted molar refractivity (Wildman–Crippen MR) is 96.3 cm³/mol. The SMILES string of the molecule is O=C(NC1CCCN(Cc2ccccc2)C1)c1ccc(F)cc1Br. The Hall–Kier alpha value is -1.72. The van der Waals surface area contributed by atoms with Crippen molar-refractivity contribution in [3.8, 4) is 0 Å². The summed E-state index contributed by atoms with van der Waals surface area (Å²) < 4.78 is 13.6. The molecule has 0 aliphatic carbocycles. The first kappa shape index (κ1) is 17.1. The van der Waals surface area contributed by atoms with Gasteiger partial charge in [-0.25, -0.2) is 4.39 Å². The van der Waals surface area contributed by atoms with Gasteiger partial charge in [0.2, 0.25) is 0 Å². The highest BCUT2D eigenvalue weighted by Gasteiger charge is 2.22. The number of halogens is 2. The van der Waals surface area contributed by atoms with Gasteiger partial charge in [0.25, 0.3) is 5.91 Å². The van der Waals surface area contributed by atoms with Crippen molar-refractivity contribution in [2.24, 2.45) is 0 Å². The van der Waals surface area contributed by atoms with Crippen molar-refractivity contribution in [1.82, 2.24) is 10.2 Å². The van der Waals surface area contributed by atoms with Gasteiger partial charge >= 0.3 is 0 Å². The molecule has 2 aromatic rings. The summed E-state index contributed by atoms with van der Waals surface area (Å²) in [6, 6.07) is 14.6. The minimum Gasteiger partial charge on any atom is -0.348 e. The molecule has 1 heterocycles. The molecule has 126 valence electrons. The van der Waals surface area contributed by atoms with Crippen LogP contribution in [0.3, 0.4) is 0 Å². The highest BCUT2D eigenvalue weighted by Crippen LogP contribution is 2.19. The van der Waals surface area contributed by atoms with Crippen molar-refractivity contribution in [1.29, 1.82) is 0 Å². The smallest absolute Gasteiger partial charge is 0.252 e. The zero-order valence-electron chi connectivity index (χ0n) is 13.3.